The average molecular weight is 978 g/mol. The van der Waals surface area contributed by atoms with Crippen molar-refractivity contribution in [1.82, 2.24) is 35.2 Å². The second kappa shape index (κ2) is 20.7. The highest BCUT2D eigenvalue weighted by Gasteiger charge is 2.41. The number of ether oxygens (including phenoxy) is 1. The Morgan fingerprint density at radius 2 is 1.63 bits per heavy atom. The number of fused-ring (bicyclic) bond motifs is 1. The molecule has 2 aromatic carbocycles. The van der Waals surface area contributed by atoms with Gasteiger partial charge < -0.3 is 29.7 Å². The van der Waals surface area contributed by atoms with Gasteiger partial charge in [-0.25, -0.2) is 9.78 Å². The van der Waals surface area contributed by atoms with Gasteiger partial charge in [-0.15, -0.1) is 18.3 Å². The third-order valence-electron chi connectivity index (χ3n) is 15.8. The predicted octanol–water partition coefficient (Wildman–Crippen LogP) is 7.70. The third kappa shape index (κ3) is 11.0. The lowest BCUT2D eigenvalue weighted by Gasteiger charge is -2.47. The van der Waals surface area contributed by atoms with Gasteiger partial charge in [0.05, 0.1) is 29.9 Å². The molecular formula is C52H62F3N11O5. The Labute approximate surface area is 411 Å². The fraction of sp³-hybridized carbons (Fsp3) is 0.538. The molecule has 9 rings (SSSR count). The van der Waals surface area contributed by atoms with Crippen molar-refractivity contribution in [2.75, 3.05) is 80.6 Å². The first-order valence-corrected chi connectivity index (χ1v) is 25.0. The Bertz CT molecular complexity index is 2700. The first kappa shape index (κ1) is 49.4. The highest BCUT2D eigenvalue weighted by atomic mass is 19.4. The summed E-state index contributed by atoms with van der Waals surface area (Å²) >= 11 is 0. The summed E-state index contributed by atoms with van der Waals surface area (Å²) in [6.45, 7) is 12.5. The number of carbonyl (C=O) groups excluding carboxylic acids is 4. The number of piperidine rings is 2. The second-order valence-corrected chi connectivity index (χ2v) is 20.2. The lowest BCUT2D eigenvalue weighted by atomic mass is 9.65. The van der Waals surface area contributed by atoms with Crippen LogP contribution in [0.5, 0.6) is 5.75 Å². The van der Waals surface area contributed by atoms with Gasteiger partial charge in [0.2, 0.25) is 11.8 Å². The van der Waals surface area contributed by atoms with E-state index in [9.17, 15) is 37.6 Å². The number of pyridine rings is 1. The maximum absolute atomic E-state index is 13.9. The monoisotopic (exact) mass is 977 g/mol. The van der Waals surface area contributed by atoms with Gasteiger partial charge in [-0.2, -0.15) is 10.4 Å². The van der Waals surface area contributed by atoms with Gasteiger partial charge in [-0.3, -0.25) is 24.6 Å². The van der Waals surface area contributed by atoms with Gasteiger partial charge in [-0.05, 0) is 138 Å². The summed E-state index contributed by atoms with van der Waals surface area (Å²) < 4.78 is 44.0. The summed E-state index contributed by atoms with van der Waals surface area (Å²) in [4.78, 5) is 66.3. The molecule has 1 saturated carbocycles. The lowest BCUT2D eigenvalue weighted by molar-refractivity contribution is -0.274. The Morgan fingerprint density at radius 1 is 0.901 bits per heavy atom. The zero-order valence-corrected chi connectivity index (χ0v) is 40.7. The third-order valence-corrected chi connectivity index (χ3v) is 15.8. The molecule has 5 fully saturated rings. The van der Waals surface area contributed by atoms with Crippen LogP contribution >= 0.6 is 0 Å². The number of likely N-dealkylation sites (tertiary alicyclic amines) is 2. The average Bonchev–Trinajstić information content (AvgIpc) is 3.36. The molecular weight excluding hydrogens is 916 g/mol. The molecule has 0 unspecified atom stereocenters. The van der Waals surface area contributed by atoms with E-state index < -0.39 is 24.1 Å². The molecule has 1 aliphatic carbocycles. The molecule has 0 radical (unpaired) electrons. The minimum Gasteiger partial charge on any atom is -0.404 e. The Morgan fingerprint density at radius 3 is 2.32 bits per heavy atom. The van der Waals surface area contributed by atoms with Crippen molar-refractivity contribution in [1.29, 1.82) is 5.26 Å². The van der Waals surface area contributed by atoms with Crippen molar-refractivity contribution in [2.45, 2.75) is 97.4 Å². The zero-order chi connectivity index (χ0) is 50.0. The van der Waals surface area contributed by atoms with E-state index in [2.05, 4.69) is 67.4 Å². The number of nitriles is 1. The number of benzene rings is 2. The van der Waals surface area contributed by atoms with E-state index in [1.807, 2.05) is 30.2 Å². The summed E-state index contributed by atoms with van der Waals surface area (Å²) in [5.74, 6) is 0.885. The van der Waals surface area contributed by atoms with Crippen LogP contribution in [0.4, 0.5) is 35.3 Å². The van der Waals surface area contributed by atoms with Gasteiger partial charge in [0, 0.05) is 87.2 Å². The molecule has 6 heterocycles. The molecule has 1 spiro atoms. The van der Waals surface area contributed by atoms with E-state index in [4.69, 9.17) is 4.98 Å². The maximum Gasteiger partial charge on any atom is 0.573 e. The number of imide groups is 1. The smallest absolute Gasteiger partial charge is 0.404 e. The second-order valence-electron chi connectivity index (χ2n) is 20.2. The number of piperazine rings is 1. The first-order valence-electron chi connectivity index (χ1n) is 25.0. The van der Waals surface area contributed by atoms with Crippen LogP contribution < -0.4 is 25.2 Å². The van der Waals surface area contributed by atoms with Crippen molar-refractivity contribution >= 4 is 51.8 Å². The number of halogens is 3. The van der Waals surface area contributed by atoms with E-state index in [1.165, 1.54) is 12.1 Å². The van der Waals surface area contributed by atoms with Crippen LogP contribution in [0.3, 0.4) is 0 Å². The molecule has 71 heavy (non-hydrogen) atoms. The summed E-state index contributed by atoms with van der Waals surface area (Å²) in [6.07, 6.45) is 4.89. The summed E-state index contributed by atoms with van der Waals surface area (Å²) in [6, 6.07) is 13.0. The number of anilines is 3. The number of nitrogens with zero attached hydrogens (tertiary/aromatic N) is 9. The van der Waals surface area contributed by atoms with Crippen LogP contribution in [0.2, 0.25) is 0 Å². The van der Waals surface area contributed by atoms with Gasteiger partial charge in [-0.1, -0.05) is 18.2 Å². The van der Waals surface area contributed by atoms with E-state index in [-0.39, 0.29) is 53.4 Å². The minimum absolute atomic E-state index is 0.0215. The van der Waals surface area contributed by atoms with E-state index >= 15 is 0 Å². The molecule has 5 amide bonds. The van der Waals surface area contributed by atoms with Crippen LogP contribution in [-0.2, 0) is 16.0 Å². The predicted molar refractivity (Wildman–Crippen MR) is 261 cm³/mol. The molecule has 4 saturated heterocycles. The maximum atomic E-state index is 13.9. The molecule has 1 atom stereocenters. The van der Waals surface area contributed by atoms with Crippen molar-refractivity contribution < 1.29 is 37.1 Å². The minimum atomic E-state index is -5.02. The topological polar surface area (TPSA) is 180 Å². The highest BCUT2D eigenvalue weighted by molar-refractivity contribution is 6.07. The normalized spacial score (nSPS) is 20.0. The lowest BCUT2D eigenvalue weighted by Crippen LogP contribution is -2.52. The van der Waals surface area contributed by atoms with Gasteiger partial charge in [0.25, 0.3) is 5.91 Å². The number of amides is 5. The van der Waals surface area contributed by atoms with Crippen LogP contribution in [0.15, 0.2) is 48.7 Å². The van der Waals surface area contributed by atoms with Gasteiger partial charge in [0.1, 0.15) is 5.82 Å². The molecule has 16 nitrogen and oxygen atoms in total. The fourth-order valence-electron chi connectivity index (χ4n) is 11.5. The number of rotatable bonds is 11. The number of hydrogen-bond acceptors (Lipinski definition) is 12. The van der Waals surface area contributed by atoms with Crippen molar-refractivity contribution in [3.8, 4) is 11.8 Å². The van der Waals surface area contributed by atoms with Crippen molar-refractivity contribution in [3.05, 3.63) is 76.6 Å². The fourth-order valence-corrected chi connectivity index (χ4v) is 11.5. The highest BCUT2D eigenvalue weighted by Crippen LogP contribution is 2.47. The summed E-state index contributed by atoms with van der Waals surface area (Å²) in [7, 11) is 0. The molecule has 2 N–H and O–H groups in total. The summed E-state index contributed by atoms with van der Waals surface area (Å²) in [5.41, 5.74) is 4.08. The quantitative estimate of drug-likeness (QED) is 0.150. The Kier molecular flexibility index (Phi) is 14.4. The molecule has 4 aromatic rings. The molecule has 2 aromatic heterocycles. The Hall–Kier alpha value is -6.55. The molecule has 5 aliphatic rings. The van der Waals surface area contributed by atoms with Crippen LogP contribution in [0.1, 0.15) is 103 Å². The van der Waals surface area contributed by atoms with Crippen LogP contribution in [-0.4, -0.2) is 125 Å². The first-order chi connectivity index (χ1) is 34.1. The van der Waals surface area contributed by atoms with Gasteiger partial charge >= 0.3 is 12.4 Å². The van der Waals surface area contributed by atoms with E-state index in [0.29, 0.717) is 57.4 Å². The molecule has 19 heteroatoms. The number of urea groups is 1. The number of aromatic nitrogens is 3. The number of carbonyl (C=O) groups is 4. The largest absolute Gasteiger partial charge is 0.573 e. The number of aryl methyl sites for hydroxylation is 1. The number of alkyl halides is 3. The van der Waals surface area contributed by atoms with E-state index in [0.717, 1.165) is 121 Å². The zero-order valence-electron chi connectivity index (χ0n) is 40.7. The van der Waals surface area contributed by atoms with Crippen LogP contribution in [0, 0.1) is 42.4 Å². The van der Waals surface area contributed by atoms with Crippen LogP contribution in [0.25, 0.3) is 10.8 Å². The molecule has 376 valence electrons. The standard InChI is InChI=1S/C52H62F3N11O5/c1-33-37(11-19-56)5-4-6-40(33)34(2)58-47-41-30-45(57-31-42(41)35(3)60-61-47)63-25-27-65(28-26-63)48(68)38-12-20-62(21-13-38)32-36-9-15-51(16-10-36)17-23-64(24-18-51)49(69)39-7-8-44(71-52(53,54)55)43(29-39)66-22-14-46(67)59-50(66)70/h4-8,29-31,34,36,38H,9-18,20-28,32H2,1-3H3,(H,58,61)(H,59,67,70)/t34-/m1/s1. The number of hydrogen-bond donors (Lipinski definition) is 2. The SMILES string of the molecule is Cc1c(CC#N)cccc1[C@@H](C)Nc1nnc(C)c2cnc(N3CCN(C(=O)C4CCN(CC5CCC6(CC5)CCN(C(=O)c5ccc(OC(F)(F)F)c(N7CCC(=O)NC7=O)c5)CC6)CC4)CC3)cc12. The van der Waals surface area contributed by atoms with Crippen molar-refractivity contribution in [2.24, 2.45) is 17.3 Å². The van der Waals surface area contributed by atoms with Gasteiger partial charge in [0.15, 0.2) is 11.6 Å². The molecule has 0 bridgehead atoms. The van der Waals surface area contributed by atoms with E-state index in [1.54, 1.807) is 4.90 Å². The number of nitrogens with one attached hydrogen (secondary N) is 2. The van der Waals surface area contributed by atoms with Crippen molar-refractivity contribution in [3.63, 3.8) is 0 Å². The Balaban J connectivity index is 0.721. The summed E-state index contributed by atoms with van der Waals surface area (Å²) in [5, 5.41) is 25.9. The molecule has 4 aliphatic heterocycles.